The van der Waals surface area contributed by atoms with Gasteiger partial charge in [0.1, 0.15) is 0 Å². The molecule has 21 heavy (non-hydrogen) atoms. The van der Waals surface area contributed by atoms with Crippen LogP contribution in [0.1, 0.15) is 41.8 Å². The zero-order chi connectivity index (χ0) is 15.4. The standard InChI is InChI=1S/C17H27N3O/c1-12(2)7-16(11-20(3)4)19-17(21)13-5-6-14-9-18-10-15(14)8-13/h5-6,8,12,16,18H,7,9-11H2,1-4H3,(H,19,21). The summed E-state index contributed by atoms with van der Waals surface area (Å²) in [6.45, 7) is 7.03. The van der Waals surface area contributed by atoms with E-state index in [0.717, 1.165) is 31.6 Å². The van der Waals surface area contributed by atoms with Crippen molar-refractivity contribution < 1.29 is 4.79 Å². The summed E-state index contributed by atoms with van der Waals surface area (Å²) in [5.74, 6) is 0.608. The van der Waals surface area contributed by atoms with E-state index in [1.54, 1.807) is 0 Å². The minimum absolute atomic E-state index is 0.0391. The second kappa shape index (κ2) is 7.05. The molecule has 1 heterocycles. The highest BCUT2D eigenvalue weighted by atomic mass is 16.1. The van der Waals surface area contributed by atoms with Crippen LogP contribution in [0.5, 0.6) is 0 Å². The molecule has 2 rings (SSSR count). The van der Waals surface area contributed by atoms with Crippen LogP contribution in [0.15, 0.2) is 18.2 Å². The fraction of sp³-hybridized carbons (Fsp3) is 0.588. The first-order chi connectivity index (χ1) is 9.95. The number of hydrogen-bond donors (Lipinski definition) is 2. The number of carbonyl (C=O) groups is 1. The number of amides is 1. The number of benzene rings is 1. The topological polar surface area (TPSA) is 44.4 Å². The van der Waals surface area contributed by atoms with Crippen LogP contribution < -0.4 is 10.6 Å². The smallest absolute Gasteiger partial charge is 0.251 e. The molecule has 1 unspecified atom stereocenters. The second-order valence-electron chi connectivity index (χ2n) is 6.65. The van der Waals surface area contributed by atoms with E-state index in [4.69, 9.17) is 0 Å². The molecule has 1 aliphatic heterocycles. The van der Waals surface area contributed by atoms with Crippen LogP contribution in [0, 0.1) is 5.92 Å². The Labute approximate surface area is 127 Å². The first-order valence-corrected chi connectivity index (χ1v) is 7.74. The Morgan fingerprint density at radius 2 is 2.00 bits per heavy atom. The predicted octanol–water partition coefficient (Wildman–Crippen LogP) is 2.00. The number of nitrogens with zero attached hydrogens (tertiary/aromatic N) is 1. The molecule has 1 aliphatic rings. The number of nitrogens with one attached hydrogen (secondary N) is 2. The summed E-state index contributed by atoms with van der Waals surface area (Å²) in [5.41, 5.74) is 3.32. The molecule has 1 aromatic carbocycles. The molecule has 0 saturated heterocycles. The van der Waals surface area contributed by atoms with E-state index in [9.17, 15) is 4.79 Å². The van der Waals surface area contributed by atoms with Gasteiger partial charge in [0.25, 0.3) is 5.91 Å². The quantitative estimate of drug-likeness (QED) is 0.842. The Morgan fingerprint density at radius 3 is 2.67 bits per heavy atom. The number of rotatable bonds is 6. The summed E-state index contributed by atoms with van der Waals surface area (Å²) < 4.78 is 0. The summed E-state index contributed by atoms with van der Waals surface area (Å²) in [6.07, 6.45) is 0.996. The van der Waals surface area contributed by atoms with E-state index < -0.39 is 0 Å². The van der Waals surface area contributed by atoms with Crippen LogP contribution in [-0.4, -0.2) is 37.5 Å². The van der Waals surface area contributed by atoms with Crippen molar-refractivity contribution in [3.63, 3.8) is 0 Å². The Bertz CT molecular complexity index is 487. The van der Waals surface area contributed by atoms with Gasteiger partial charge in [0, 0.05) is 31.2 Å². The Balaban J connectivity index is 2.04. The van der Waals surface area contributed by atoms with Gasteiger partial charge in [0.05, 0.1) is 0 Å². The third kappa shape index (κ3) is 4.55. The molecule has 116 valence electrons. The van der Waals surface area contributed by atoms with E-state index in [2.05, 4.69) is 35.4 Å². The molecule has 4 heteroatoms. The average molecular weight is 289 g/mol. The average Bonchev–Trinajstić information content (AvgIpc) is 2.83. The maximum Gasteiger partial charge on any atom is 0.251 e. The van der Waals surface area contributed by atoms with E-state index in [0.29, 0.717) is 5.92 Å². The predicted molar refractivity (Wildman–Crippen MR) is 86.2 cm³/mol. The molecule has 1 atom stereocenters. The molecule has 0 radical (unpaired) electrons. The first-order valence-electron chi connectivity index (χ1n) is 7.74. The lowest BCUT2D eigenvalue weighted by Gasteiger charge is -2.24. The molecular formula is C17H27N3O. The zero-order valence-corrected chi connectivity index (χ0v) is 13.6. The molecule has 0 fully saturated rings. The summed E-state index contributed by atoms with van der Waals surface area (Å²) >= 11 is 0. The van der Waals surface area contributed by atoms with Gasteiger partial charge < -0.3 is 15.5 Å². The Morgan fingerprint density at radius 1 is 1.29 bits per heavy atom. The van der Waals surface area contributed by atoms with Crippen molar-refractivity contribution in [2.75, 3.05) is 20.6 Å². The molecule has 0 saturated carbocycles. The summed E-state index contributed by atoms with van der Waals surface area (Å²) in [6, 6.07) is 6.21. The zero-order valence-electron chi connectivity index (χ0n) is 13.6. The van der Waals surface area contributed by atoms with Gasteiger partial charge in [0.2, 0.25) is 0 Å². The lowest BCUT2D eigenvalue weighted by molar-refractivity contribution is 0.0924. The monoisotopic (exact) mass is 289 g/mol. The molecule has 2 N–H and O–H groups in total. The highest BCUT2D eigenvalue weighted by Crippen LogP contribution is 2.17. The van der Waals surface area contributed by atoms with Crippen LogP contribution in [0.4, 0.5) is 0 Å². The van der Waals surface area contributed by atoms with Gasteiger partial charge in [-0.25, -0.2) is 0 Å². The van der Waals surface area contributed by atoms with E-state index in [1.165, 1.54) is 11.1 Å². The van der Waals surface area contributed by atoms with Crippen molar-refractivity contribution in [2.45, 2.75) is 39.4 Å². The number of carbonyl (C=O) groups excluding carboxylic acids is 1. The van der Waals surface area contributed by atoms with Crippen molar-refractivity contribution in [1.29, 1.82) is 0 Å². The fourth-order valence-electron chi connectivity index (χ4n) is 2.89. The Kier molecular flexibility index (Phi) is 5.37. The molecule has 1 aromatic rings. The van der Waals surface area contributed by atoms with Gasteiger partial charge in [0.15, 0.2) is 0 Å². The van der Waals surface area contributed by atoms with Gasteiger partial charge in [-0.15, -0.1) is 0 Å². The molecule has 4 nitrogen and oxygen atoms in total. The molecule has 0 spiro atoms. The number of likely N-dealkylation sites (N-methyl/N-ethyl adjacent to an activating group) is 1. The summed E-state index contributed by atoms with van der Waals surface area (Å²) in [7, 11) is 4.08. The normalized spacial score (nSPS) is 15.3. The van der Waals surface area contributed by atoms with Crippen molar-refractivity contribution in [2.24, 2.45) is 5.92 Å². The van der Waals surface area contributed by atoms with Gasteiger partial charge in [-0.05, 0) is 49.7 Å². The van der Waals surface area contributed by atoms with Crippen molar-refractivity contribution in [1.82, 2.24) is 15.5 Å². The second-order valence-corrected chi connectivity index (χ2v) is 6.65. The molecule has 0 aliphatic carbocycles. The minimum Gasteiger partial charge on any atom is -0.348 e. The molecule has 1 amide bonds. The van der Waals surface area contributed by atoms with Crippen LogP contribution in [0.3, 0.4) is 0 Å². The van der Waals surface area contributed by atoms with Gasteiger partial charge >= 0.3 is 0 Å². The lowest BCUT2D eigenvalue weighted by Crippen LogP contribution is -2.42. The SMILES string of the molecule is CC(C)CC(CN(C)C)NC(=O)c1ccc2c(c1)CNC2. The van der Waals surface area contributed by atoms with E-state index in [1.807, 2.05) is 26.2 Å². The lowest BCUT2D eigenvalue weighted by atomic mass is 10.0. The number of hydrogen-bond acceptors (Lipinski definition) is 3. The third-order valence-corrected chi connectivity index (χ3v) is 3.78. The first kappa shape index (κ1) is 16.0. The highest BCUT2D eigenvalue weighted by molar-refractivity contribution is 5.94. The molecule has 0 bridgehead atoms. The molecule has 0 aromatic heterocycles. The van der Waals surface area contributed by atoms with E-state index >= 15 is 0 Å². The maximum absolute atomic E-state index is 12.5. The minimum atomic E-state index is 0.0391. The maximum atomic E-state index is 12.5. The van der Waals surface area contributed by atoms with Crippen molar-refractivity contribution in [3.05, 3.63) is 34.9 Å². The van der Waals surface area contributed by atoms with Gasteiger partial charge in [-0.1, -0.05) is 19.9 Å². The number of fused-ring (bicyclic) bond motifs is 1. The van der Waals surface area contributed by atoms with Crippen LogP contribution in [0.25, 0.3) is 0 Å². The largest absolute Gasteiger partial charge is 0.348 e. The summed E-state index contributed by atoms with van der Waals surface area (Å²) in [4.78, 5) is 14.6. The van der Waals surface area contributed by atoms with Crippen LogP contribution in [0.2, 0.25) is 0 Å². The van der Waals surface area contributed by atoms with Crippen molar-refractivity contribution in [3.8, 4) is 0 Å². The van der Waals surface area contributed by atoms with Crippen molar-refractivity contribution >= 4 is 5.91 Å². The Hall–Kier alpha value is -1.39. The highest BCUT2D eigenvalue weighted by Gasteiger charge is 2.18. The molecular weight excluding hydrogens is 262 g/mol. The fourth-order valence-corrected chi connectivity index (χ4v) is 2.89. The third-order valence-electron chi connectivity index (χ3n) is 3.78. The van der Waals surface area contributed by atoms with Gasteiger partial charge in [-0.3, -0.25) is 4.79 Å². The van der Waals surface area contributed by atoms with Crippen LogP contribution >= 0.6 is 0 Å². The summed E-state index contributed by atoms with van der Waals surface area (Å²) in [5, 5.41) is 6.49. The van der Waals surface area contributed by atoms with Gasteiger partial charge in [-0.2, -0.15) is 0 Å². The van der Waals surface area contributed by atoms with Crippen LogP contribution in [-0.2, 0) is 13.1 Å². The van der Waals surface area contributed by atoms with E-state index in [-0.39, 0.29) is 11.9 Å².